The number of hydrogen-bond donors (Lipinski definition) is 4. The lowest BCUT2D eigenvalue weighted by atomic mass is 10.1. The molecule has 1 aromatic rings. The van der Waals surface area contributed by atoms with Crippen LogP contribution in [0.1, 0.15) is 13.3 Å². The highest BCUT2D eigenvalue weighted by Gasteiger charge is 2.23. The SMILES string of the molecule is CC[C@H](O)[C@H]1C=Nc2nc(N)[nH]c(=O)c2N1. The lowest BCUT2D eigenvalue weighted by molar-refractivity contribution is 0.169. The van der Waals surface area contributed by atoms with Crippen molar-refractivity contribution in [1.82, 2.24) is 9.97 Å². The van der Waals surface area contributed by atoms with Crippen molar-refractivity contribution in [1.29, 1.82) is 0 Å². The second kappa shape index (κ2) is 3.93. The summed E-state index contributed by atoms with van der Waals surface area (Å²) in [6.07, 6.45) is 1.51. The summed E-state index contributed by atoms with van der Waals surface area (Å²) >= 11 is 0. The van der Waals surface area contributed by atoms with Gasteiger partial charge in [-0.15, -0.1) is 0 Å². The van der Waals surface area contributed by atoms with Gasteiger partial charge in [0, 0.05) is 6.21 Å². The maximum absolute atomic E-state index is 11.5. The van der Waals surface area contributed by atoms with Crippen molar-refractivity contribution in [3.63, 3.8) is 0 Å². The monoisotopic (exact) mass is 223 g/mol. The van der Waals surface area contributed by atoms with E-state index in [9.17, 15) is 9.90 Å². The van der Waals surface area contributed by atoms with Crippen molar-refractivity contribution in [2.24, 2.45) is 4.99 Å². The lowest BCUT2D eigenvalue weighted by Crippen LogP contribution is -2.38. The average Bonchev–Trinajstić information content (AvgIpc) is 2.27. The van der Waals surface area contributed by atoms with Gasteiger partial charge in [0.1, 0.15) is 5.69 Å². The number of nitrogen functional groups attached to an aromatic ring is 1. The molecule has 86 valence electrons. The van der Waals surface area contributed by atoms with Gasteiger partial charge in [-0.25, -0.2) is 4.99 Å². The summed E-state index contributed by atoms with van der Waals surface area (Å²) < 4.78 is 0. The van der Waals surface area contributed by atoms with Crippen LogP contribution in [0.25, 0.3) is 0 Å². The van der Waals surface area contributed by atoms with Crippen molar-refractivity contribution in [3.05, 3.63) is 10.4 Å². The van der Waals surface area contributed by atoms with Crippen LogP contribution < -0.4 is 16.6 Å². The van der Waals surface area contributed by atoms with E-state index in [4.69, 9.17) is 5.73 Å². The summed E-state index contributed by atoms with van der Waals surface area (Å²) in [5, 5.41) is 12.5. The third-order valence-corrected chi connectivity index (χ3v) is 2.42. The lowest BCUT2D eigenvalue weighted by Gasteiger charge is -2.23. The number of aromatic nitrogens is 2. The molecule has 2 atom stereocenters. The summed E-state index contributed by atoms with van der Waals surface area (Å²) in [7, 11) is 0. The Labute approximate surface area is 91.4 Å². The zero-order valence-electron chi connectivity index (χ0n) is 8.77. The van der Waals surface area contributed by atoms with Crippen LogP contribution in [-0.2, 0) is 0 Å². The highest BCUT2D eigenvalue weighted by Crippen LogP contribution is 2.23. The minimum atomic E-state index is -0.589. The Morgan fingerprint density at radius 1 is 1.69 bits per heavy atom. The van der Waals surface area contributed by atoms with Crippen LogP contribution in [0.4, 0.5) is 17.5 Å². The van der Waals surface area contributed by atoms with Gasteiger partial charge in [0.25, 0.3) is 5.56 Å². The molecule has 7 nitrogen and oxygen atoms in total. The fraction of sp³-hybridized carbons (Fsp3) is 0.444. The van der Waals surface area contributed by atoms with Crippen molar-refractivity contribution in [3.8, 4) is 0 Å². The average molecular weight is 223 g/mol. The minimum Gasteiger partial charge on any atom is -0.391 e. The van der Waals surface area contributed by atoms with Crippen molar-refractivity contribution in [2.75, 3.05) is 11.1 Å². The third-order valence-electron chi connectivity index (χ3n) is 2.42. The fourth-order valence-corrected chi connectivity index (χ4v) is 1.51. The molecule has 0 bridgehead atoms. The van der Waals surface area contributed by atoms with Crippen LogP contribution in [0.2, 0.25) is 0 Å². The number of aromatic amines is 1. The molecule has 0 amide bonds. The van der Waals surface area contributed by atoms with E-state index in [1.54, 1.807) is 0 Å². The highest BCUT2D eigenvalue weighted by atomic mass is 16.3. The molecular formula is C9H13N5O2. The number of nitrogens with two attached hydrogens (primary N) is 1. The first-order valence-electron chi connectivity index (χ1n) is 5.00. The van der Waals surface area contributed by atoms with E-state index < -0.39 is 6.10 Å². The number of fused-ring (bicyclic) bond motifs is 1. The Hall–Kier alpha value is -1.89. The molecule has 1 aromatic heterocycles. The topological polar surface area (TPSA) is 116 Å². The predicted molar refractivity (Wildman–Crippen MR) is 61.1 cm³/mol. The van der Waals surface area contributed by atoms with Crippen LogP contribution in [0, 0.1) is 0 Å². The van der Waals surface area contributed by atoms with E-state index in [0.717, 1.165) is 0 Å². The van der Waals surface area contributed by atoms with Gasteiger partial charge in [0.05, 0.1) is 12.1 Å². The van der Waals surface area contributed by atoms with E-state index in [1.807, 2.05) is 6.92 Å². The first-order valence-corrected chi connectivity index (χ1v) is 5.00. The molecule has 0 saturated carbocycles. The van der Waals surface area contributed by atoms with Crippen molar-refractivity contribution in [2.45, 2.75) is 25.5 Å². The van der Waals surface area contributed by atoms with E-state index in [2.05, 4.69) is 20.3 Å². The van der Waals surface area contributed by atoms with Gasteiger partial charge >= 0.3 is 0 Å². The van der Waals surface area contributed by atoms with Gasteiger partial charge in [-0.05, 0) is 6.42 Å². The molecule has 0 unspecified atom stereocenters. The summed E-state index contributed by atoms with van der Waals surface area (Å²) in [4.78, 5) is 21.8. The summed E-state index contributed by atoms with van der Waals surface area (Å²) in [5.74, 6) is 0.276. The molecule has 1 aliphatic heterocycles. The molecule has 0 aromatic carbocycles. The Balaban J connectivity index is 2.38. The molecule has 7 heteroatoms. The molecule has 5 N–H and O–H groups in total. The van der Waals surface area contributed by atoms with Gasteiger partial charge in [-0.2, -0.15) is 4.98 Å². The molecule has 2 heterocycles. The molecule has 0 fully saturated rings. The summed E-state index contributed by atoms with van der Waals surface area (Å²) in [5.41, 5.74) is 5.25. The minimum absolute atomic E-state index is 0.0252. The number of rotatable bonds is 2. The number of H-pyrrole nitrogens is 1. The van der Waals surface area contributed by atoms with Crippen LogP contribution in [-0.4, -0.2) is 33.4 Å². The Bertz CT molecular complexity index is 481. The van der Waals surface area contributed by atoms with Gasteiger partial charge in [-0.1, -0.05) is 6.92 Å². The van der Waals surface area contributed by atoms with Crippen molar-refractivity contribution < 1.29 is 5.11 Å². The van der Waals surface area contributed by atoms with Crippen LogP contribution >= 0.6 is 0 Å². The van der Waals surface area contributed by atoms with E-state index >= 15 is 0 Å². The highest BCUT2D eigenvalue weighted by molar-refractivity contribution is 5.81. The second-order valence-corrected chi connectivity index (χ2v) is 3.57. The zero-order chi connectivity index (χ0) is 11.7. The molecule has 0 spiro atoms. The zero-order valence-corrected chi connectivity index (χ0v) is 8.77. The quantitative estimate of drug-likeness (QED) is 0.545. The van der Waals surface area contributed by atoms with E-state index in [0.29, 0.717) is 6.42 Å². The molecule has 0 radical (unpaired) electrons. The first kappa shape index (κ1) is 10.6. The largest absolute Gasteiger partial charge is 0.391 e. The number of aliphatic hydroxyl groups excluding tert-OH is 1. The van der Waals surface area contributed by atoms with Crippen LogP contribution in [0.5, 0.6) is 0 Å². The number of anilines is 2. The first-order chi connectivity index (χ1) is 7.61. The fourth-order valence-electron chi connectivity index (χ4n) is 1.51. The second-order valence-electron chi connectivity index (χ2n) is 3.57. The molecule has 16 heavy (non-hydrogen) atoms. The van der Waals surface area contributed by atoms with Gasteiger partial charge < -0.3 is 16.2 Å². The standard InChI is InChI=1S/C9H13N5O2/c1-2-5(15)4-3-11-7-6(12-4)8(16)14-9(10)13-7/h3-5,12,15H,2H2,1H3,(H3,10,13,14,16)/t4-,5+/m1/s1. The molecule has 0 aliphatic carbocycles. The molecule has 1 aliphatic rings. The van der Waals surface area contributed by atoms with E-state index in [-0.39, 0.29) is 29.1 Å². The predicted octanol–water partition coefficient (Wildman–Crippen LogP) is -0.381. The van der Waals surface area contributed by atoms with E-state index in [1.165, 1.54) is 6.21 Å². The van der Waals surface area contributed by atoms with Gasteiger partial charge in [0.15, 0.2) is 5.82 Å². The number of aliphatic hydroxyl groups is 1. The Morgan fingerprint density at radius 2 is 2.44 bits per heavy atom. The smallest absolute Gasteiger partial charge is 0.277 e. The number of nitrogens with zero attached hydrogens (tertiary/aromatic N) is 2. The summed E-state index contributed by atoms with van der Waals surface area (Å²) in [6, 6.07) is -0.371. The maximum atomic E-state index is 11.5. The van der Waals surface area contributed by atoms with Crippen LogP contribution in [0.15, 0.2) is 9.79 Å². The Kier molecular flexibility index (Phi) is 2.61. The summed E-state index contributed by atoms with van der Waals surface area (Å²) in [6.45, 7) is 1.85. The Morgan fingerprint density at radius 3 is 3.12 bits per heavy atom. The molecular weight excluding hydrogens is 210 g/mol. The third kappa shape index (κ3) is 1.76. The van der Waals surface area contributed by atoms with Gasteiger partial charge in [-0.3, -0.25) is 9.78 Å². The maximum Gasteiger partial charge on any atom is 0.277 e. The van der Waals surface area contributed by atoms with Crippen LogP contribution in [0.3, 0.4) is 0 Å². The molecule has 2 rings (SSSR count). The van der Waals surface area contributed by atoms with Gasteiger partial charge in [0.2, 0.25) is 5.95 Å². The normalized spacial score (nSPS) is 20.0. The molecule has 0 saturated heterocycles. The number of aliphatic imine (C=N–C) groups is 1. The number of hydrogen-bond acceptors (Lipinski definition) is 6. The van der Waals surface area contributed by atoms with Crippen molar-refractivity contribution >= 4 is 23.7 Å². The number of nitrogens with one attached hydrogen (secondary N) is 2.